The minimum Gasteiger partial charge on any atom is -0.493 e. The summed E-state index contributed by atoms with van der Waals surface area (Å²) >= 11 is 0. The first kappa shape index (κ1) is 31.6. The van der Waals surface area contributed by atoms with Crippen LogP contribution in [0.2, 0.25) is 0 Å². The Labute approximate surface area is 270 Å². The van der Waals surface area contributed by atoms with Gasteiger partial charge >= 0.3 is 0 Å². The standard InChI is InChI=1S/C34H39NO9S2/c1-21-5-10-24(11-6-21)45(37,38)42-19-33(20-43-46(39,40)25-12-7-22(2)8-13-25)18-26-27-17-23-9-14-28(41-4)30-29(23)34(26,15-16-35(27)3)32(44-30)31(33)36/h5-14,26-27,31-32,36H,15-20H2,1-4H3/t26-,27+,31+,32-,34-/m0/s1. The summed E-state index contributed by atoms with van der Waals surface area (Å²) < 4.78 is 77.7. The van der Waals surface area contributed by atoms with Crippen LogP contribution in [-0.4, -0.2) is 79.0 Å². The zero-order valence-electron chi connectivity index (χ0n) is 26.3. The number of methoxy groups -OCH3 is 1. The Balaban J connectivity index is 1.31. The van der Waals surface area contributed by atoms with Crippen molar-refractivity contribution in [2.75, 3.05) is 33.9 Å². The highest BCUT2D eigenvalue weighted by Gasteiger charge is 2.70. The van der Waals surface area contributed by atoms with Crippen molar-refractivity contribution in [3.63, 3.8) is 0 Å². The number of piperidine rings is 1. The molecule has 1 saturated heterocycles. The molecule has 7 rings (SSSR count). The molecule has 3 aromatic rings. The normalized spacial score (nSPS) is 27.9. The van der Waals surface area contributed by atoms with Crippen molar-refractivity contribution >= 4 is 20.2 Å². The van der Waals surface area contributed by atoms with Crippen molar-refractivity contribution in [3.05, 3.63) is 82.9 Å². The predicted octanol–water partition coefficient (Wildman–Crippen LogP) is 3.75. The number of benzene rings is 3. The van der Waals surface area contributed by atoms with Crippen molar-refractivity contribution in [3.8, 4) is 11.5 Å². The van der Waals surface area contributed by atoms with E-state index in [1.54, 1.807) is 31.4 Å². The molecular weight excluding hydrogens is 631 g/mol. The number of aryl methyl sites for hydroxylation is 2. The predicted molar refractivity (Wildman–Crippen MR) is 169 cm³/mol. The average molecular weight is 670 g/mol. The fraction of sp³-hybridized carbons (Fsp3) is 0.471. The average Bonchev–Trinajstić information content (AvgIpc) is 3.38. The minimum absolute atomic E-state index is 0.0311. The zero-order chi connectivity index (χ0) is 32.6. The Morgan fingerprint density at radius 3 is 2.00 bits per heavy atom. The summed E-state index contributed by atoms with van der Waals surface area (Å²) in [5.74, 6) is 1.04. The van der Waals surface area contributed by atoms with Crippen LogP contribution < -0.4 is 9.47 Å². The van der Waals surface area contributed by atoms with Crippen molar-refractivity contribution in [2.24, 2.45) is 11.3 Å². The monoisotopic (exact) mass is 669 g/mol. The first-order valence-electron chi connectivity index (χ1n) is 15.5. The quantitative estimate of drug-likeness (QED) is 0.337. The smallest absolute Gasteiger partial charge is 0.296 e. The van der Waals surface area contributed by atoms with Crippen LogP contribution in [0.5, 0.6) is 11.5 Å². The molecule has 46 heavy (non-hydrogen) atoms. The highest BCUT2D eigenvalue weighted by atomic mass is 32.2. The van der Waals surface area contributed by atoms with E-state index in [1.807, 2.05) is 19.9 Å². The lowest BCUT2D eigenvalue weighted by Crippen LogP contribution is -2.71. The maximum absolute atomic E-state index is 13.5. The number of hydrogen-bond acceptors (Lipinski definition) is 10. The zero-order valence-corrected chi connectivity index (χ0v) is 27.9. The van der Waals surface area contributed by atoms with E-state index in [4.69, 9.17) is 17.8 Å². The number of nitrogens with zero attached hydrogens (tertiary/aromatic N) is 1. The van der Waals surface area contributed by atoms with E-state index < -0.39 is 56.5 Å². The van der Waals surface area contributed by atoms with Gasteiger partial charge in [-0.1, -0.05) is 41.5 Å². The lowest BCUT2D eigenvalue weighted by atomic mass is 9.47. The van der Waals surface area contributed by atoms with E-state index in [0.717, 1.165) is 35.2 Å². The third kappa shape index (κ3) is 4.79. The Morgan fingerprint density at radius 1 is 0.891 bits per heavy atom. The van der Waals surface area contributed by atoms with Crippen molar-refractivity contribution in [1.29, 1.82) is 0 Å². The second kappa shape index (κ2) is 11.0. The van der Waals surface area contributed by atoms with Gasteiger partial charge in [0.25, 0.3) is 20.2 Å². The molecule has 5 atom stereocenters. The SMILES string of the molecule is COc1ccc2c3c1O[C@H]1[C@@H](O)C(COS(=O)(=O)c4ccc(C)cc4)(COS(=O)(=O)c4ccc(C)cc4)C[C@H]4[C@@H](C2)N(C)CC[C@@]341. The second-order valence-corrected chi connectivity index (χ2v) is 16.6. The molecule has 1 saturated carbocycles. The Bertz CT molecular complexity index is 1800. The molecule has 1 spiro atoms. The van der Waals surface area contributed by atoms with Crippen LogP contribution in [0, 0.1) is 25.2 Å². The van der Waals surface area contributed by atoms with Gasteiger partial charge in [0, 0.05) is 22.4 Å². The minimum atomic E-state index is -4.27. The summed E-state index contributed by atoms with van der Waals surface area (Å²) in [6.45, 7) is 3.48. The molecule has 1 N–H and O–H groups in total. The van der Waals surface area contributed by atoms with E-state index in [0.29, 0.717) is 17.9 Å². The van der Waals surface area contributed by atoms with Gasteiger partial charge in [0.1, 0.15) is 12.2 Å². The fourth-order valence-corrected chi connectivity index (χ4v) is 10.3. The third-order valence-corrected chi connectivity index (χ3v) is 13.4. The molecule has 246 valence electrons. The van der Waals surface area contributed by atoms with Crippen LogP contribution in [0.1, 0.15) is 35.1 Å². The van der Waals surface area contributed by atoms with E-state index in [1.165, 1.54) is 24.3 Å². The van der Waals surface area contributed by atoms with E-state index in [9.17, 15) is 21.9 Å². The van der Waals surface area contributed by atoms with E-state index >= 15 is 0 Å². The molecule has 2 aliphatic carbocycles. The lowest BCUT2D eigenvalue weighted by Gasteiger charge is -2.62. The van der Waals surface area contributed by atoms with E-state index in [-0.39, 0.29) is 28.2 Å². The first-order chi connectivity index (χ1) is 21.8. The van der Waals surface area contributed by atoms with Gasteiger partial charge in [-0.15, -0.1) is 0 Å². The highest BCUT2D eigenvalue weighted by Crippen LogP contribution is 2.66. The molecule has 4 aliphatic rings. The number of hydrogen-bond donors (Lipinski definition) is 1. The molecule has 3 aromatic carbocycles. The highest BCUT2D eigenvalue weighted by molar-refractivity contribution is 7.87. The van der Waals surface area contributed by atoms with Gasteiger partial charge in [0.05, 0.1) is 30.1 Å². The summed E-state index contributed by atoms with van der Waals surface area (Å²) in [6.07, 6.45) is -0.448. The first-order valence-corrected chi connectivity index (χ1v) is 18.3. The third-order valence-electron chi connectivity index (χ3n) is 10.8. The lowest BCUT2D eigenvalue weighted by molar-refractivity contribution is -0.182. The Morgan fingerprint density at radius 2 is 1.46 bits per heavy atom. The summed E-state index contributed by atoms with van der Waals surface area (Å²) in [4.78, 5) is 2.24. The van der Waals surface area contributed by atoms with Gasteiger partial charge in [-0.2, -0.15) is 16.8 Å². The van der Waals surface area contributed by atoms with Gasteiger partial charge in [-0.3, -0.25) is 8.37 Å². The fourth-order valence-electron chi connectivity index (χ4n) is 8.30. The van der Waals surface area contributed by atoms with Crippen LogP contribution in [0.4, 0.5) is 0 Å². The summed E-state index contributed by atoms with van der Waals surface area (Å²) in [5, 5.41) is 12.4. The molecule has 2 fully saturated rings. The number of aliphatic hydroxyl groups excluding tert-OH is 1. The number of likely N-dealkylation sites (tertiary alicyclic amines) is 1. The van der Waals surface area contributed by atoms with Gasteiger partial charge < -0.3 is 19.5 Å². The number of aliphatic hydroxyl groups is 1. The molecule has 0 aromatic heterocycles. The molecule has 2 heterocycles. The van der Waals surface area contributed by atoms with Gasteiger partial charge in [-0.05, 0) is 88.5 Å². The molecule has 2 bridgehead atoms. The van der Waals surface area contributed by atoms with Gasteiger partial charge in [0.2, 0.25) is 0 Å². The maximum Gasteiger partial charge on any atom is 0.296 e. The molecule has 0 radical (unpaired) electrons. The molecule has 0 unspecified atom stereocenters. The summed E-state index contributed by atoms with van der Waals surface area (Å²) in [7, 11) is -4.88. The van der Waals surface area contributed by atoms with Gasteiger partial charge in [-0.25, -0.2) is 0 Å². The number of rotatable bonds is 9. The molecular formula is C34H39NO9S2. The topological polar surface area (TPSA) is 129 Å². The van der Waals surface area contributed by atoms with Crippen LogP contribution >= 0.6 is 0 Å². The Hall–Kier alpha value is -3.00. The number of ether oxygens (including phenoxy) is 2. The molecule has 0 amide bonds. The van der Waals surface area contributed by atoms with Crippen LogP contribution in [0.15, 0.2) is 70.5 Å². The van der Waals surface area contributed by atoms with Crippen molar-refractivity contribution in [1.82, 2.24) is 4.90 Å². The molecule has 2 aliphatic heterocycles. The van der Waals surface area contributed by atoms with Gasteiger partial charge in [0.15, 0.2) is 11.5 Å². The van der Waals surface area contributed by atoms with Crippen LogP contribution in [-0.2, 0) is 40.4 Å². The molecule has 10 nitrogen and oxygen atoms in total. The summed E-state index contributed by atoms with van der Waals surface area (Å²) in [6, 6.07) is 16.6. The van der Waals surface area contributed by atoms with Crippen molar-refractivity contribution < 1.29 is 39.8 Å². The second-order valence-electron chi connectivity index (χ2n) is 13.4. The summed E-state index contributed by atoms with van der Waals surface area (Å²) in [5.41, 5.74) is 1.93. The molecule has 12 heteroatoms. The van der Waals surface area contributed by atoms with Crippen molar-refractivity contribution in [2.45, 2.75) is 66.6 Å². The largest absolute Gasteiger partial charge is 0.493 e. The number of likely N-dealkylation sites (N-methyl/N-ethyl adjacent to an activating group) is 1. The van der Waals surface area contributed by atoms with Crippen LogP contribution in [0.3, 0.4) is 0 Å². The van der Waals surface area contributed by atoms with Crippen LogP contribution in [0.25, 0.3) is 0 Å². The Kier molecular flexibility index (Phi) is 7.58. The maximum atomic E-state index is 13.5. The van der Waals surface area contributed by atoms with E-state index in [2.05, 4.69) is 18.0 Å².